The van der Waals surface area contributed by atoms with Crippen molar-refractivity contribution < 1.29 is 14.7 Å². The van der Waals surface area contributed by atoms with E-state index < -0.39 is 5.97 Å². The van der Waals surface area contributed by atoms with Gasteiger partial charge in [-0.2, -0.15) is 5.10 Å². The predicted octanol–water partition coefficient (Wildman–Crippen LogP) is 2.75. The van der Waals surface area contributed by atoms with Crippen LogP contribution >= 0.6 is 15.9 Å². The second-order valence-corrected chi connectivity index (χ2v) is 5.45. The van der Waals surface area contributed by atoms with E-state index in [4.69, 9.17) is 0 Å². The van der Waals surface area contributed by atoms with Gasteiger partial charge in [-0.25, -0.2) is 4.79 Å². The van der Waals surface area contributed by atoms with Crippen LogP contribution in [0.1, 0.15) is 32.1 Å². The first-order valence-corrected chi connectivity index (χ1v) is 6.95. The molecule has 0 fully saturated rings. The zero-order valence-corrected chi connectivity index (χ0v) is 13.4. The highest BCUT2D eigenvalue weighted by Crippen LogP contribution is 2.27. The molecule has 0 spiro atoms. The lowest BCUT2D eigenvalue weighted by Crippen LogP contribution is -2.17. The third kappa shape index (κ3) is 2.82. The molecule has 0 bridgehead atoms. The van der Waals surface area contributed by atoms with Crippen molar-refractivity contribution in [2.24, 2.45) is 7.05 Å². The molecule has 6 nitrogen and oxygen atoms in total. The SMILES string of the molecule is Cc1nn(C)c(C)c1C(=O)Nc1c(Br)cccc1C(=O)O. The van der Waals surface area contributed by atoms with Gasteiger partial charge < -0.3 is 10.4 Å². The number of nitrogens with one attached hydrogen (secondary N) is 1. The first-order chi connectivity index (χ1) is 9.82. The Morgan fingerprint density at radius 1 is 1.33 bits per heavy atom. The maximum atomic E-state index is 12.4. The van der Waals surface area contributed by atoms with Crippen LogP contribution in [0.15, 0.2) is 22.7 Å². The van der Waals surface area contributed by atoms with Gasteiger partial charge in [0.15, 0.2) is 0 Å². The van der Waals surface area contributed by atoms with Crippen LogP contribution in [0.2, 0.25) is 0 Å². The summed E-state index contributed by atoms with van der Waals surface area (Å²) in [7, 11) is 1.75. The summed E-state index contributed by atoms with van der Waals surface area (Å²) in [5.74, 6) is -1.49. The number of carbonyl (C=O) groups is 2. The number of rotatable bonds is 3. The minimum atomic E-state index is -1.11. The maximum absolute atomic E-state index is 12.4. The molecule has 2 rings (SSSR count). The van der Waals surface area contributed by atoms with Crippen LogP contribution in [0.5, 0.6) is 0 Å². The molecule has 1 aromatic carbocycles. The third-order valence-corrected chi connectivity index (χ3v) is 3.88. The fourth-order valence-electron chi connectivity index (χ4n) is 2.11. The maximum Gasteiger partial charge on any atom is 0.337 e. The summed E-state index contributed by atoms with van der Waals surface area (Å²) >= 11 is 3.26. The summed E-state index contributed by atoms with van der Waals surface area (Å²) in [4.78, 5) is 23.7. The minimum Gasteiger partial charge on any atom is -0.478 e. The molecular weight excluding hydrogens is 338 g/mol. The Hall–Kier alpha value is -2.15. The van der Waals surface area contributed by atoms with Gasteiger partial charge in [0.25, 0.3) is 5.91 Å². The molecule has 0 saturated heterocycles. The molecule has 21 heavy (non-hydrogen) atoms. The van der Waals surface area contributed by atoms with Crippen molar-refractivity contribution in [3.8, 4) is 0 Å². The highest BCUT2D eigenvalue weighted by Gasteiger charge is 2.21. The van der Waals surface area contributed by atoms with Gasteiger partial charge in [0.2, 0.25) is 0 Å². The Balaban J connectivity index is 2.43. The van der Waals surface area contributed by atoms with Gasteiger partial charge in [-0.3, -0.25) is 9.48 Å². The van der Waals surface area contributed by atoms with Gasteiger partial charge >= 0.3 is 5.97 Å². The lowest BCUT2D eigenvalue weighted by atomic mass is 10.1. The van der Waals surface area contributed by atoms with Gasteiger partial charge in [-0.15, -0.1) is 0 Å². The number of carbonyl (C=O) groups excluding carboxylic acids is 1. The molecule has 0 atom stereocenters. The summed E-state index contributed by atoms with van der Waals surface area (Å²) in [5, 5.41) is 16.0. The first kappa shape index (κ1) is 15.2. The number of hydrogen-bond donors (Lipinski definition) is 2. The monoisotopic (exact) mass is 351 g/mol. The highest BCUT2D eigenvalue weighted by molar-refractivity contribution is 9.10. The van der Waals surface area contributed by atoms with Crippen LogP contribution in [0.25, 0.3) is 0 Å². The Morgan fingerprint density at radius 2 is 2.00 bits per heavy atom. The Kier molecular flexibility index (Phi) is 4.13. The molecular formula is C14H14BrN3O3. The zero-order valence-electron chi connectivity index (χ0n) is 11.8. The van der Waals surface area contributed by atoms with E-state index in [1.54, 1.807) is 37.7 Å². The zero-order chi connectivity index (χ0) is 15.7. The van der Waals surface area contributed by atoms with Crippen molar-refractivity contribution in [3.05, 3.63) is 45.2 Å². The van der Waals surface area contributed by atoms with Crippen LogP contribution in [0.3, 0.4) is 0 Å². The highest BCUT2D eigenvalue weighted by atomic mass is 79.9. The Labute approximate surface area is 129 Å². The average Bonchev–Trinajstić information content (AvgIpc) is 2.65. The van der Waals surface area contributed by atoms with E-state index in [0.29, 0.717) is 21.4 Å². The molecule has 0 aliphatic carbocycles. The molecule has 0 aliphatic heterocycles. The normalized spacial score (nSPS) is 10.5. The summed E-state index contributed by atoms with van der Waals surface area (Å²) in [6.45, 7) is 3.52. The van der Waals surface area contributed by atoms with Crippen molar-refractivity contribution in [1.29, 1.82) is 0 Å². The summed E-state index contributed by atoms with van der Waals surface area (Å²) in [6.07, 6.45) is 0. The summed E-state index contributed by atoms with van der Waals surface area (Å²) in [6, 6.07) is 4.71. The standard InChI is InChI=1S/C14H14BrN3O3/c1-7-11(8(2)18(3)17-7)13(19)16-12-9(14(20)21)5-4-6-10(12)15/h4-6H,1-3H3,(H,16,19)(H,20,21). The van der Waals surface area contributed by atoms with Crippen molar-refractivity contribution in [2.75, 3.05) is 5.32 Å². The van der Waals surface area contributed by atoms with Gasteiger partial charge in [0.05, 0.1) is 22.5 Å². The van der Waals surface area contributed by atoms with Crippen LogP contribution in [0, 0.1) is 13.8 Å². The number of nitrogens with zero attached hydrogens (tertiary/aromatic N) is 2. The molecule has 2 N–H and O–H groups in total. The third-order valence-electron chi connectivity index (χ3n) is 3.22. The predicted molar refractivity (Wildman–Crippen MR) is 81.7 cm³/mol. The summed E-state index contributed by atoms with van der Waals surface area (Å²) < 4.78 is 2.12. The minimum absolute atomic E-state index is 0.0249. The smallest absolute Gasteiger partial charge is 0.337 e. The van der Waals surface area contributed by atoms with Crippen molar-refractivity contribution in [2.45, 2.75) is 13.8 Å². The second kappa shape index (κ2) is 5.69. The molecule has 1 aromatic heterocycles. The van der Waals surface area contributed by atoms with Crippen molar-refractivity contribution in [1.82, 2.24) is 9.78 Å². The van der Waals surface area contributed by atoms with Crippen LogP contribution in [-0.4, -0.2) is 26.8 Å². The molecule has 0 unspecified atom stereocenters. The fraction of sp³-hybridized carbons (Fsp3) is 0.214. The number of amides is 1. The van der Waals surface area contributed by atoms with E-state index in [9.17, 15) is 14.7 Å². The molecule has 0 saturated carbocycles. The summed E-state index contributed by atoms with van der Waals surface area (Å²) in [5.41, 5.74) is 2.02. The van der Waals surface area contributed by atoms with E-state index in [1.165, 1.54) is 6.07 Å². The molecule has 7 heteroatoms. The number of aryl methyl sites for hydroxylation is 2. The molecule has 1 heterocycles. The first-order valence-electron chi connectivity index (χ1n) is 6.16. The number of carboxylic acid groups (broad SMARTS) is 1. The second-order valence-electron chi connectivity index (χ2n) is 4.59. The number of aromatic carboxylic acids is 1. The number of benzene rings is 1. The number of halogens is 1. The number of carboxylic acids is 1. The number of aromatic nitrogens is 2. The van der Waals surface area contributed by atoms with Gasteiger partial charge in [-0.05, 0) is 41.9 Å². The number of para-hydroxylation sites is 1. The Morgan fingerprint density at radius 3 is 2.52 bits per heavy atom. The lowest BCUT2D eigenvalue weighted by molar-refractivity contribution is 0.0698. The van der Waals surface area contributed by atoms with Crippen LogP contribution in [-0.2, 0) is 7.05 Å². The van der Waals surface area contributed by atoms with E-state index in [0.717, 1.165) is 0 Å². The van der Waals surface area contributed by atoms with Crippen molar-refractivity contribution in [3.63, 3.8) is 0 Å². The molecule has 0 aliphatic rings. The number of anilines is 1. The Bertz CT molecular complexity index is 737. The van der Waals surface area contributed by atoms with Crippen molar-refractivity contribution >= 4 is 33.5 Å². The quantitative estimate of drug-likeness (QED) is 0.890. The van der Waals surface area contributed by atoms with E-state index in [1.807, 2.05) is 0 Å². The van der Waals surface area contributed by atoms with E-state index >= 15 is 0 Å². The molecule has 0 radical (unpaired) electrons. The van der Waals surface area contributed by atoms with E-state index in [-0.39, 0.29) is 17.2 Å². The molecule has 1 amide bonds. The van der Waals surface area contributed by atoms with Gasteiger partial charge in [-0.1, -0.05) is 6.07 Å². The van der Waals surface area contributed by atoms with Crippen LogP contribution < -0.4 is 5.32 Å². The van der Waals surface area contributed by atoms with Crippen LogP contribution in [0.4, 0.5) is 5.69 Å². The van der Waals surface area contributed by atoms with Gasteiger partial charge in [0, 0.05) is 17.2 Å². The molecule has 110 valence electrons. The topological polar surface area (TPSA) is 84.2 Å². The number of hydrogen-bond acceptors (Lipinski definition) is 3. The average molecular weight is 352 g/mol. The lowest BCUT2D eigenvalue weighted by Gasteiger charge is -2.10. The fourth-order valence-corrected chi connectivity index (χ4v) is 2.57. The van der Waals surface area contributed by atoms with E-state index in [2.05, 4.69) is 26.3 Å². The largest absolute Gasteiger partial charge is 0.478 e. The molecule has 2 aromatic rings. The van der Waals surface area contributed by atoms with Gasteiger partial charge in [0.1, 0.15) is 0 Å².